The Kier molecular flexibility index (Phi) is 7.93. The highest BCUT2D eigenvalue weighted by atomic mass is 35.5. The Labute approximate surface area is 237 Å². The van der Waals surface area contributed by atoms with Crippen LogP contribution >= 0.6 is 11.6 Å². The maximum atomic E-state index is 14.8. The molecule has 1 aliphatic heterocycles. The summed E-state index contributed by atoms with van der Waals surface area (Å²) in [5, 5.41) is 11.2. The number of carbonyl (C=O) groups is 2. The molecule has 208 valence electrons. The van der Waals surface area contributed by atoms with Gasteiger partial charge in [0, 0.05) is 72.7 Å². The van der Waals surface area contributed by atoms with Gasteiger partial charge in [-0.1, -0.05) is 41.9 Å². The average Bonchev–Trinajstić information content (AvgIpc) is 3.42. The lowest BCUT2D eigenvalue weighted by atomic mass is 9.95. The molecule has 2 N–H and O–H groups in total. The summed E-state index contributed by atoms with van der Waals surface area (Å²) in [5.74, 6) is -1.13. The van der Waals surface area contributed by atoms with Gasteiger partial charge < -0.3 is 24.8 Å². The molecular weight excluding hydrogens is 533 g/mol. The van der Waals surface area contributed by atoms with Crippen LogP contribution in [-0.4, -0.2) is 75.6 Å². The third-order valence-corrected chi connectivity index (χ3v) is 7.70. The highest BCUT2D eigenvalue weighted by Gasteiger charge is 2.33. The topological polar surface area (TPSA) is 92.8 Å². The van der Waals surface area contributed by atoms with E-state index in [1.54, 1.807) is 67.4 Å². The normalized spacial score (nSPS) is 14.5. The van der Waals surface area contributed by atoms with E-state index in [0.717, 1.165) is 11.1 Å². The summed E-state index contributed by atoms with van der Waals surface area (Å²) >= 11 is 6.09. The van der Waals surface area contributed by atoms with E-state index in [-0.39, 0.29) is 24.3 Å². The fourth-order valence-corrected chi connectivity index (χ4v) is 5.44. The zero-order chi connectivity index (χ0) is 28.4. The molecule has 0 radical (unpaired) electrons. The number of aromatic amines is 1. The van der Waals surface area contributed by atoms with Crippen LogP contribution in [0, 0.1) is 5.82 Å². The number of nitrogens with one attached hydrogen (secondary N) is 1. The fourth-order valence-electron chi connectivity index (χ4n) is 5.31. The number of amides is 2. The number of pyridine rings is 1. The molecule has 40 heavy (non-hydrogen) atoms. The first-order valence-corrected chi connectivity index (χ1v) is 13.6. The van der Waals surface area contributed by atoms with Crippen molar-refractivity contribution in [2.24, 2.45) is 0 Å². The number of H-pyrrole nitrogens is 1. The summed E-state index contributed by atoms with van der Waals surface area (Å²) in [6.45, 7) is 5.54. The van der Waals surface area contributed by atoms with E-state index >= 15 is 0 Å². The summed E-state index contributed by atoms with van der Waals surface area (Å²) in [6.07, 6.45) is 2.43. The van der Waals surface area contributed by atoms with Crippen molar-refractivity contribution in [3.05, 3.63) is 83.4 Å². The molecule has 0 aliphatic carbocycles. The second-order valence-electron chi connectivity index (χ2n) is 10.2. The number of carboxylic acid groups (broad SMARTS) is 1. The Bertz CT molecular complexity index is 1520. The van der Waals surface area contributed by atoms with Crippen LogP contribution in [-0.2, 0) is 4.79 Å². The van der Waals surface area contributed by atoms with Gasteiger partial charge >= 0.3 is 6.09 Å². The monoisotopic (exact) mass is 563 g/mol. The van der Waals surface area contributed by atoms with Crippen molar-refractivity contribution < 1.29 is 19.1 Å². The zero-order valence-electron chi connectivity index (χ0n) is 22.3. The number of piperazine rings is 1. The van der Waals surface area contributed by atoms with Crippen LogP contribution in [0.5, 0.6) is 0 Å². The van der Waals surface area contributed by atoms with Gasteiger partial charge in [0.2, 0.25) is 5.91 Å². The van der Waals surface area contributed by atoms with E-state index in [9.17, 15) is 19.1 Å². The largest absolute Gasteiger partial charge is 0.465 e. The Balaban J connectivity index is 1.42. The van der Waals surface area contributed by atoms with Gasteiger partial charge in [-0.15, -0.1) is 0 Å². The molecular formula is C30H31ClFN5O3. The molecule has 1 saturated heterocycles. The Hall–Kier alpha value is -4.11. The first-order valence-electron chi connectivity index (χ1n) is 13.2. The third-order valence-electron chi connectivity index (χ3n) is 7.45. The maximum absolute atomic E-state index is 14.8. The third kappa shape index (κ3) is 5.47. The number of hydrogen-bond donors (Lipinski definition) is 2. The van der Waals surface area contributed by atoms with Crippen LogP contribution in [0.1, 0.15) is 25.3 Å². The molecule has 1 aliphatic rings. The van der Waals surface area contributed by atoms with E-state index in [1.165, 1.54) is 11.0 Å². The fraction of sp³-hybridized carbons (Fsp3) is 0.300. The summed E-state index contributed by atoms with van der Waals surface area (Å²) in [4.78, 5) is 38.7. The van der Waals surface area contributed by atoms with E-state index in [2.05, 4.69) is 14.9 Å². The number of anilines is 1. The molecule has 4 aromatic rings. The highest BCUT2D eigenvalue weighted by molar-refractivity contribution is 6.30. The first kappa shape index (κ1) is 27.5. The number of aromatic nitrogens is 2. The van der Waals surface area contributed by atoms with Gasteiger partial charge in [-0.3, -0.25) is 4.79 Å². The molecule has 1 atom stereocenters. The zero-order valence-corrected chi connectivity index (χ0v) is 23.1. The lowest BCUT2D eigenvalue weighted by Gasteiger charge is -2.39. The second kappa shape index (κ2) is 11.6. The molecule has 3 heterocycles. The van der Waals surface area contributed by atoms with Gasteiger partial charge in [-0.05, 0) is 43.7 Å². The SMILES string of the molecule is CC(C)N(C[C@H](C(=O)N1CCN(c2c(-c3ccccc3F)cnc3[nH]ccc23)CC1)c1ccc(Cl)cc1)C(=O)O. The number of halogens is 2. The van der Waals surface area contributed by atoms with Crippen molar-refractivity contribution in [2.45, 2.75) is 25.8 Å². The van der Waals surface area contributed by atoms with Crippen molar-refractivity contribution in [1.29, 1.82) is 0 Å². The van der Waals surface area contributed by atoms with Gasteiger partial charge in [-0.2, -0.15) is 0 Å². The predicted molar refractivity (Wildman–Crippen MR) is 154 cm³/mol. The number of nitrogens with zero attached hydrogens (tertiary/aromatic N) is 4. The Morgan fingerprint density at radius 3 is 2.40 bits per heavy atom. The lowest BCUT2D eigenvalue weighted by molar-refractivity contribution is -0.133. The number of rotatable bonds is 7. The van der Waals surface area contributed by atoms with Crippen molar-refractivity contribution in [1.82, 2.24) is 19.8 Å². The van der Waals surface area contributed by atoms with Crippen LogP contribution in [0.4, 0.5) is 14.9 Å². The standard InChI is InChI=1S/C30H31ClFN5O3/c1-19(2)37(30(39)40)18-25(20-7-9-21(31)10-8-20)29(38)36-15-13-35(14-16-36)27-23-11-12-33-28(23)34-17-24(27)22-5-3-4-6-26(22)32/h3-12,17,19,25H,13-16,18H2,1-2H3,(H,33,34)(H,39,40)/t25-/m0/s1. The van der Waals surface area contributed by atoms with E-state index in [1.807, 2.05) is 12.3 Å². The molecule has 5 rings (SSSR count). The molecule has 2 aromatic carbocycles. The Morgan fingerprint density at radius 1 is 1.05 bits per heavy atom. The van der Waals surface area contributed by atoms with Gasteiger partial charge in [0.1, 0.15) is 11.5 Å². The Morgan fingerprint density at radius 2 is 1.75 bits per heavy atom. The number of benzene rings is 2. The van der Waals surface area contributed by atoms with Crippen molar-refractivity contribution >= 4 is 40.3 Å². The predicted octanol–water partition coefficient (Wildman–Crippen LogP) is 5.84. The van der Waals surface area contributed by atoms with Crippen LogP contribution in [0.3, 0.4) is 0 Å². The molecule has 0 saturated carbocycles. The minimum Gasteiger partial charge on any atom is -0.465 e. The first-order chi connectivity index (χ1) is 19.2. The van der Waals surface area contributed by atoms with Crippen LogP contribution in [0.25, 0.3) is 22.2 Å². The van der Waals surface area contributed by atoms with E-state index in [4.69, 9.17) is 11.6 Å². The minimum absolute atomic E-state index is 0.0411. The second-order valence-corrected chi connectivity index (χ2v) is 10.6. The van der Waals surface area contributed by atoms with E-state index in [0.29, 0.717) is 53.5 Å². The molecule has 2 aromatic heterocycles. The lowest BCUT2D eigenvalue weighted by Crippen LogP contribution is -2.52. The molecule has 8 nitrogen and oxygen atoms in total. The van der Waals surface area contributed by atoms with Crippen molar-refractivity contribution in [3.8, 4) is 11.1 Å². The number of carbonyl (C=O) groups excluding carboxylic acids is 1. The summed E-state index contributed by atoms with van der Waals surface area (Å²) < 4.78 is 14.8. The quantitative estimate of drug-likeness (QED) is 0.294. The molecule has 2 amide bonds. The van der Waals surface area contributed by atoms with Gasteiger partial charge in [0.05, 0.1) is 11.6 Å². The number of hydrogen-bond acceptors (Lipinski definition) is 4. The maximum Gasteiger partial charge on any atom is 0.407 e. The van der Waals surface area contributed by atoms with E-state index < -0.39 is 12.0 Å². The van der Waals surface area contributed by atoms with Crippen LogP contribution in [0.2, 0.25) is 5.02 Å². The summed E-state index contributed by atoms with van der Waals surface area (Å²) in [7, 11) is 0. The molecule has 1 fully saturated rings. The summed E-state index contributed by atoms with van der Waals surface area (Å²) in [5.41, 5.74) is 3.46. The van der Waals surface area contributed by atoms with Gasteiger partial charge in [0.25, 0.3) is 0 Å². The average molecular weight is 564 g/mol. The van der Waals surface area contributed by atoms with Crippen molar-refractivity contribution in [3.63, 3.8) is 0 Å². The molecule has 0 spiro atoms. The van der Waals surface area contributed by atoms with Gasteiger partial charge in [-0.25, -0.2) is 14.2 Å². The molecule has 0 bridgehead atoms. The summed E-state index contributed by atoms with van der Waals surface area (Å²) in [6, 6.07) is 15.3. The van der Waals surface area contributed by atoms with Crippen molar-refractivity contribution in [2.75, 3.05) is 37.6 Å². The van der Waals surface area contributed by atoms with Crippen LogP contribution < -0.4 is 4.90 Å². The molecule has 10 heteroatoms. The number of fused-ring (bicyclic) bond motifs is 1. The van der Waals surface area contributed by atoms with Gasteiger partial charge in [0.15, 0.2) is 0 Å². The molecule has 0 unspecified atom stereocenters. The smallest absolute Gasteiger partial charge is 0.407 e. The highest BCUT2D eigenvalue weighted by Crippen LogP contribution is 2.38. The van der Waals surface area contributed by atoms with Crippen LogP contribution in [0.15, 0.2) is 67.0 Å². The minimum atomic E-state index is -1.07.